The topological polar surface area (TPSA) is 68.2 Å². The number of carbonyl (C=O) groups is 1. The Hall–Kier alpha value is -2.09. The molecule has 0 aliphatic carbocycles. The van der Waals surface area contributed by atoms with Crippen molar-refractivity contribution in [3.8, 4) is 5.69 Å². The monoisotopic (exact) mass is 466 g/mol. The molecular formula is C19H16BrClN2O3S. The van der Waals surface area contributed by atoms with Crippen molar-refractivity contribution in [3.63, 3.8) is 0 Å². The van der Waals surface area contributed by atoms with Gasteiger partial charge in [-0.25, -0.2) is 13.1 Å². The Kier molecular flexibility index (Phi) is 5.46. The van der Waals surface area contributed by atoms with Crippen molar-refractivity contribution < 1.29 is 13.2 Å². The molecule has 0 bridgehead atoms. The van der Waals surface area contributed by atoms with Crippen LogP contribution in [0, 0.1) is 13.8 Å². The second-order valence-corrected chi connectivity index (χ2v) is 9.01. The van der Waals surface area contributed by atoms with Crippen molar-refractivity contribution in [1.29, 1.82) is 0 Å². The molecule has 2 aromatic carbocycles. The van der Waals surface area contributed by atoms with Crippen LogP contribution < -0.4 is 4.72 Å². The van der Waals surface area contributed by atoms with Gasteiger partial charge in [-0.2, -0.15) is 0 Å². The lowest BCUT2D eigenvalue weighted by atomic mass is 10.2. The zero-order chi connectivity index (χ0) is 19.8. The van der Waals surface area contributed by atoms with E-state index in [-0.39, 0.29) is 15.5 Å². The van der Waals surface area contributed by atoms with Crippen molar-refractivity contribution in [2.45, 2.75) is 18.7 Å². The van der Waals surface area contributed by atoms with E-state index in [0.717, 1.165) is 17.1 Å². The molecule has 0 atom stereocenters. The Morgan fingerprint density at radius 3 is 2.33 bits per heavy atom. The minimum Gasteiger partial charge on any atom is -0.318 e. The van der Waals surface area contributed by atoms with Gasteiger partial charge in [0.1, 0.15) is 0 Å². The normalized spacial score (nSPS) is 11.4. The Labute approximate surface area is 171 Å². The van der Waals surface area contributed by atoms with Crippen LogP contribution in [0.3, 0.4) is 0 Å². The molecule has 1 heterocycles. The van der Waals surface area contributed by atoms with E-state index in [1.54, 1.807) is 30.3 Å². The van der Waals surface area contributed by atoms with E-state index in [1.165, 1.54) is 12.1 Å². The van der Waals surface area contributed by atoms with Crippen LogP contribution in [0.5, 0.6) is 0 Å². The quantitative estimate of drug-likeness (QED) is 0.608. The van der Waals surface area contributed by atoms with Crippen molar-refractivity contribution in [1.82, 2.24) is 9.29 Å². The number of carbonyl (C=O) groups excluding carboxylic acids is 1. The zero-order valence-electron chi connectivity index (χ0n) is 14.5. The first-order valence-electron chi connectivity index (χ1n) is 7.96. The maximum absolute atomic E-state index is 12.6. The first-order chi connectivity index (χ1) is 12.7. The molecular weight excluding hydrogens is 452 g/mol. The molecule has 8 heteroatoms. The Bertz CT molecular complexity index is 1120. The number of sulfonamides is 1. The molecule has 27 heavy (non-hydrogen) atoms. The minimum absolute atomic E-state index is 0.0189. The molecule has 5 nitrogen and oxygen atoms in total. The van der Waals surface area contributed by atoms with E-state index >= 15 is 0 Å². The number of hydrogen-bond donors (Lipinski definition) is 1. The number of halogens is 2. The molecule has 0 fully saturated rings. The third-order valence-electron chi connectivity index (χ3n) is 4.06. The highest BCUT2D eigenvalue weighted by Gasteiger charge is 2.21. The van der Waals surface area contributed by atoms with E-state index in [4.69, 9.17) is 11.6 Å². The van der Waals surface area contributed by atoms with E-state index in [0.29, 0.717) is 4.47 Å². The van der Waals surface area contributed by atoms with Crippen LogP contribution >= 0.6 is 27.5 Å². The van der Waals surface area contributed by atoms with Gasteiger partial charge >= 0.3 is 0 Å². The zero-order valence-corrected chi connectivity index (χ0v) is 17.7. The lowest BCUT2D eigenvalue weighted by molar-refractivity contribution is 0.0981. The average Bonchev–Trinajstić information content (AvgIpc) is 2.94. The molecule has 1 amide bonds. The summed E-state index contributed by atoms with van der Waals surface area (Å²) < 4.78 is 29.6. The van der Waals surface area contributed by atoms with Crippen LogP contribution in [0.2, 0.25) is 5.02 Å². The van der Waals surface area contributed by atoms with Gasteiger partial charge in [-0.15, -0.1) is 0 Å². The van der Waals surface area contributed by atoms with Gasteiger partial charge in [-0.3, -0.25) is 4.79 Å². The van der Waals surface area contributed by atoms with E-state index in [1.807, 2.05) is 30.5 Å². The molecule has 3 aromatic rings. The maximum Gasteiger partial charge on any atom is 0.266 e. The highest BCUT2D eigenvalue weighted by molar-refractivity contribution is 9.10. The number of amides is 1. The molecule has 0 aliphatic heterocycles. The van der Waals surface area contributed by atoms with E-state index in [2.05, 4.69) is 20.7 Å². The molecule has 0 unspecified atom stereocenters. The Balaban J connectivity index is 1.97. The average molecular weight is 468 g/mol. The minimum atomic E-state index is -4.02. The number of benzene rings is 2. The fourth-order valence-electron chi connectivity index (χ4n) is 2.77. The molecule has 0 aliphatic rings. The number of hydrogen-bond acceptors (Lipinski definition) is 3. The van der Waals surface area contributed by atoms with Gasteiger partial charge in [0.15, 0.2) is 0 Å². The van der Waals surface area contributed by atoms with Crippen LogP contribution in [0.15, 0.2) is 64.0 Å². The SMILES string of the molecule is Cc1ccc(C)n1-c1ccc(Cl)c(C(=O)NS(=O)(=O)c2cccc(Br)c2)c1. The summed E-state index contributed by atoms with van der Waals surface area (Å²) in [5.41, 5.74) is 2.79. The molecule has 0 spiro atoms. The molecule has 1 N–H and O–H groups in total. The predicted molar refractivity (Wildman–Crippen MR) is 109 cm³/mol. The highest BCUT2D eigenvalue weighted by atomic mass is 79.9. The van der Waals surface area contributed by atoms with Gasteiger partial charge in [0.2, 0.25) is 0 Å². The summed E-state index contributed by atoms with van der Waals surface area (Å²) in [5.74, 6) is -0.788. The molecule has 0 saturated carbocycles. The first-order valence-corrected chi connectivity index (χ1v) is 10.6. The summed E-state index contributed by atoms with van der Waals surface area (Å²) in [5, 5.41) is 0.170. The third kappa shape index (κ3) is 4.10. The van der Waals surface area contributed by atoms with Crippen LogP contribution in [-0.2, 0) is 10.0 Å². The molecule has 0 radical (unpaired) electrons. The second kappa shape index (κ2) is 7.50. The van der Waals surface area contributed by atoms with E-state index in [9.17, 15) is 13.2 Å². The fraction of sp³-hybridized carbons (Fsp3) is 0.105. The Morgan fingerprint density at radius 1 is 1.04 bits per heavy atom. The third-order valence-corrected chi connectivity index (χ3v) is 6.21. The lowest BCUT2D eigenvalue weighted by Crippen LogP contribution is -2.30. The number of aromatic nitrogens is 1. The first kappa shape index (κ1) is 19.7. The summed E-state index contributed by atoms with van der Waals surface area (Å²) >= 11 is 9.38. The number of nitrogens with one attached hydrogen (secondary N) is 1. The number of aryl methyl sites for hydroxylation is 2. The Morgan fingerprint density at radius 2 is 1.70 bits per heavy atom. The van der Waals surface area contributed by atoms with Gasteiger partial charge in [0, 0.05) is 21.5 Å². The van der Waals surface area contributed by atoms with Gasteiger partial charge < -0.3 is 4.57 Å². The largest absolute Gasteiger partial charge is 0.318 e. The summed E-state index contributed by atoms with van der Waals surface area (Å²) in [4.78, 5) is 12.6. The van der Waals surface area contributed by atoms with Crippen molar-refractivity contribution in [2.75, 3.05) is 0 Å². The van der Waals surface area contributed by atoms with Crippen LogP contribution in [0.25, 0.3) is 5.69 Å². The van der Waals surface area contributed by atoms with Gasteiger partial charge in [-0.05, 0) is 62.4 Å². The van der Waals surface area contributed by atoms with E-state index < -0.39 is 15.9 Å². The van der Waals surface area contributed by atoms with Crippen molar-refractivity contribution in [3.05, 3.63) is 81.0 Å². The number of rotatable bonds is 4. The van der Waals surface area contributed by atoms with Gasteiger partial charge in [-0.1, -0.05) is 33.6 Å². The number of nitrogens with zero attached hydrogens (tertiary/aromatic N) is 1. The highest BCUT2D eigenvalue weighted by Crippen LogP contribution is 2.24. The molecule has 1 aromatic heterocycles. The van der Waals surface area contributed by atoms with Gasteiger partial charge in [0.25, 0.3) is 15.9 Å². The van der Waals surface area contributed by atoms with Crippen LogP contribution in [0.1, 0.15) is 21.7 Å². The molecule has 140 valence electrons. The van der Waals surface area contributed by atoms with Crippen LogP contribution in [0.4, 0.5) is 0 Å². The molecule has 3 rings (SSSR count). The molecule has 0 saturated heterocycles. The van der Waals surface area contributed by atoms with Crippen molar-refractivity contribution >= 4 is 43.5 Å². The van der Waals surface area contributed by atoms with Crippen LogP contribution in [-0.4, -0.2) is 18.9 Å². The fourth-order valence-corrected chi connectivity index (χ4v) is 4.54. The smallest absolute Gasteiger partial charge is 0.266 e. The summed E-state index contributed by atoms with van der Waals surface area (Å²) in [6, 6.07) is 15.0. The summed E-state index contributed by atoms with van der Waals surface area (Å²) in [6.45, 7) is 3.89. The standard InChI is InChI=1S/C19H16BrClN2O3S/c1-12-6-7-13(2)23(12)15-8-9-18(21)17(11-15)19(24)22-27(25,26)16-5-3-4-14(20)10-16/h3-11H,1-2H3,(H,22,24). The van der Waals surface area contributed by atoms with Crippen molar-refractivity contribution in [2.24, 2.45) is 0 Å². The van der Waals surface area contributed by atoms with Gasteiger partial charge in [0.05, 0.1) is 15.5 Å². The maximum atomic E-state index is 12.6. The predicted octanol–water partition coefficient (Wildman–Crippen LogP) is 4.63. The summed E-state index contributed by atoms with van der Waals surface area (Å²) in [7, 11) is -4.02. The second-order valence-electron chi connectivity index (χ2n) is 6.01. The summed E-state index contributed by atoms with van der Waals surface area (Å²) in [6.07, 6.45) is 0. The lowest BCUT2D eigenvalue weighted by Gasteiger charge is -2.13.